The van der Waals surface area contributed by atoms with Crippen LogP contribution in [0.25, 0.3) is 0 Å². The molecule has 10 heteroatoms. The molecule has 0 aromatic heterocycles. The van der Waals surface area contributed by atoms with Crippen molar-refractivity contribution >= 4 is 39.1 Å². The standard InChI is InChI=1S/C19H22ClN3O5S/c1-4-23(12-18(24)22-13-6-5-7-14(10-13)28-3)19(25)16-11-15(8-9-17(16)20)29(26,27)21-2/h5-11,21H,4,12H2,1-3H3,(H,22,24). The van der Waals surface area contributed by atoms with E-state index in [0.717, 1.165) is 0 Å². The van der Waals surface area contributed by atoms with Crippen LogP contribution in [0.4, 0.5) is 5.69 Å². The number of ether oxygens (including phenoxy) is 1. The predicted octanol–water partition coefficient (Wildman–Crippen LogP) is 2.36. The van der Waals surface area contributed by atoms with Crippen LogP contribution >= 0.6 is 11.6 Å². The second kappa shape index (κ2) is 9.73. The largest absolute Gasteiger partial charge is 0.497 e. The monoisotopic (exact) mass is 439 g/mol. The summed E-state index contributed by atoms with van der Waals surface area (Å²) in [7, 11) is -0.955. The molecule has 2 aromatic rings. The number of methoxy groups -OCH3 is 1. The normalized spacial score (nSPS) is 11.0. The van der Waals surface area contributed by atoms with E-state index in [1.54, 1.807) is 31.2 Å². The average molecular weight is 440 g/mol. The topological polar surface area (TPSA) is 105 Å². The maximum atomic E-state index is 12.9. The Labute approximate surface area is 174 Å². The SMILES string of the molecule is CCN(CC(=O)Nc1cccc(OC)c1)C(=O)c1cc(S(=O)(=O)NC)ccc1Cl. The minimum Gasteiger partial charge on any atom is -0.497 e. The molecular weight excluding hydrogens is 418 g/mol. The molecule has 0 radical (unpaired) electrons. The van der Waals surface area contributed by atoms with Crippen molar-refractivity contribution in [1.82, 2.24) is 9.62 Å². The Morgan fingerprint density at radius 2 is 1.90 bits per heavy atom. The molecule has 0 bridgehead atoms. The fourth-order valence-corrected chi connectivity index (χ4v) is 3.48. The number of anilines is 1. The lowest BCUT2D eigenvalue weighted by Gasteiger charge is -2.21. The van der Waals surface area contributed by atoms with Gasteiger partial charge in [0.2, 0.25) is 15.9 Å². The summed E-state index contributed by atoms with van der Waals surface area (Å²) in [6.07, 6.45) is 0. The van der Waals surface area contributed by atoms with Crippen LogP contribution in [0.1, 0.15) is 17.3 Å². The first-order valence-corrected chi connectivity index (χ1v) is 10.5. The molecule has 0 saturated heterocycles. The summed E-state index contributed by atoms with van der Waals surface area (Å²) in [6.45, 7) is 1.70. The Bertz CT molecular complexity index is 1010. The molecule has 0 unspecified atom stereocenters. The van der Waals surface area contributed by atoms with Gasteiger partial charge in [-0.2, -0.15) is 0 Å². The van der Waals surface area contributed by atoms with Gasteiger partial charge in [-0.25, -0.2) is 13.1 Å². The minimum absolute atomic E-state index is 0.000906. The van der Waals surface area contributed by atoms with Gasteiger partial charge >= 0.3 is 0 Å². The number of carbonyl (C=O) groups excluding carboxylic acids is 2. The Kier molecular flexibility index (Phi) is 7.60. The zero-order valence-corrected chi connectivity index (χ0v) is 17.8. The van der Waals surface area contributed by atoms with Gasteiger partial charge in [0.1, 0.15) is 12.3 Å². The van der Waals surface area contributed by atoms with Gasteiger partial charge in [0, 0.05) is 18.3 Å². The molecule has 2 rings (SSSR count). The second-order valence-electron chi connectivity index (χ2n) is 5.95. The maximum Gasteiger partial charge on any atom is 0.255 e. The molecule has 0 spiro atoms. The van der Waals surface area contributed by atoms with Crippen LogP contribution in [0.2, 0.25) is 5.02 Å². The lowest BCUT2D eigenvalue weighted by Crippen LogP contribution is -2.38. The van der Waals surface area contributed by atoms with Gasteiger partial charge in [0.05, 0.1) is 22.6 Å². The van der Waals surface area contributed by atoms with Gasteiger partial charge in [-0.1, -0.05) is 17.7 Å². The molecular formula is C19H22ClN3O5S. The van der Waals surface area contributed by atoms with E-state index in [2.05, 4.69) is 10.0 Å². The molecule has 0 aliphatic carbocycles. The van der Waals surface area contributed by atoms with Crippen molar-refractivity contribution in [2.45, 2.75) is 11.8 Å². The molecule has 29 heavy (non-hydrogen) atoms. The van der Waals surface area contributed by atoms with Crippen molar-refractivity contribution < 1.29 is 22.7 Å². The molecule has 0 atom stereocenters. The van der Waals surface area contributed by atoms with Crippen molar-refractivity contribution in [2.75, 3.05) is 32.6 Å². The number of nitrogens with one attached hydrogen (secondary N) is 2. The first-order chi connectivity index (χ1) is 13.7. The summed E-state index contributed by atoms with van der Waals surface area (Å²) in [5.74, 6) is -0.379. The van der Waals surface area contributed by atoms with Gasteiger partial charge in [-0.3, -0.25) is 9.59 Å². The van der Waals surface area contributed by atoms with E-state index in [9.17, 15) is 18.0 Å². The number of hydrogen-bond donors (Lipinski definition) is 2. The fourth-order valence-electron chi connectivity index (χ4n) is 2.53. The van der Waals surface area contributed by atoms with Gasteiger partial charge < -0.3 is 15.0 Å². The highest BCUT2D eigenvalue weighted by molar-refractivity contribution is 7.89. The Morgan fingerprint density at radius 3 is 2.52 bits per heavy atom. The second-order valence-corrected chi connectivity index (χ2v) is 8.24. The van der Waals surface area contributed by atoms with E-state index >= 15 is 0 Å². The van der Waals surface area contributed by atoms with Crippen LogP contribution in [-0.2, 0) is 14.8 Å². The van der Waals surface area contributed by atoms with Crippen molar-refractivity contribution in [2.24, 2.45) is 0 Å². The number of halogens is 1. The van der Waals surface area contributed by atoms with E-state index in [4.69, 9.17) is 16.3 Å². The first-order valence-electron chi connectivity index (χ1n) is 8.68. The number of hydrogen-bond acceptors (Lipinski definition) is 5. The molecule has 2 amide bonds. The first kappa shape index (κ1) is 22.7. The van der Waals surface area contributed by atoms with Crippen LogP contribution in [0.15, 0.2) is 47.4 Å². The highest BCUT2D eigenvalue weighted by Gasteiger charge is 2.22. The van der Waals surface area contributed by atoms with Crippen molar-refractivity contribution in [1.29, 1.82) is 0 Å². The lowest BCUT2D eigenvalue weighted by molar-refractivity contribution is -0.116. The molecule has 2 N–H and O–H groups in total. The van der Waals surface area contributed by atoms with E-state index < -0.39 is 21.8 Å². The van der Waals surface area contributed by atoms with Crippen molar-refractivity contribution in [3.05, 3.63) is 53.1 Å². The molecule has 0 heterocycles. The van der Waals surface area contributed by atoms with E-state index in [-0.39, 0.29) is 28.6 Å². The Morgan fingerprint density at radius 1 is 1.17 bits per heavy atom. The number of nitrogens with zero attached hydrogens (tertiary/aromatic N) is 1. The van der Waals surface area contributed by atoms with E-state index in [1.807, 2.05) is 0 Å². The predicted molar refractivity (Wildman–Crippen MR) is 111 cm³/mol. The number of likely N-dealkylation sites (N-methyl/N-ethyl adjacent to an activating group) is 1. The third-order valence-corrected chi connectivity index (χ3v) is 5.85. The van der Waals surface area contributed by atoms with E-state index in [0.29, 0.717) is 11.4 Å². The third-order valence-electron chi connectivity index (χ3n) is 4.10. The van der Waals surface area contributed by atoms with Crippen LogP contribution in [-0.4, -0.2) is 52.4 Å². The molecule has 0 fully saturated rings. The summed E-state index contributed by atoms with van der Waals surface area (Å²) in [4.78, 5) is 26.4. The Balaban J connectivity index is 2.20. The van der Waals surface area contributed by atoms with Crippen LogP contribution in [0, 0.1) is 0 Å². The fraction of sp³-hybridized carbons (Fsp3) is 0.263. The maximum absolute atomic E-state index is 12.9. The van der Waals surface area contributed by atoms with Gasteiger partial charge in [-0.15, -0.1) is 0 Å². The zero-order chi connectivity index (χ0) is 21.6. The molecule has 156 valence electrons. The molecule has 0 aliphatic rings. The number of rotatable bonds is 8. The summed E-state index contributed by atoms with van der Waals surface area (Å²) < 4.78 is 31.3. The quantitative estimate of drug-likeness (QED) is 0.657. The van der Waals surface area contributed by atoms with Crippen molar-refractivity contribution in [3.63, 3.8) is 0 Å². The van der Waals surface area contributed by atoms with E-state index in [1.165, 1.54) is 37.3 Å². The molecule has 0 saturated carbocycles. The van der Waals surface area contributed by atoms with Crippen molar-refractivity contribution in [3.8, 4) is 5.75 Å². The summed E-state index contributed by atoms with van der Waals surface area (Å²) in [5.41, 5.74) is 0.525. The molecule has 0 aliphatic heterocycles. The smallest absolute Gasteiger partial charge is 0.255 e. The van der Waals surface area contributed by atoms with Gasteiger partial charge in [0.25, 0.3) is 5.91 Å². The highest BCUT2D eigenvalue weighted by atomic mass is 35.5. The van der Waals surface area contributed by atoms with Gasteiger partial charge in [-0.05, 0) is 44.3 Å². The molecule has 2 aromatic carbocycles. The van der Waals surface area contributed by atoms with Crippen LogP contribution < -0.4 is 14.8 Å². The average Bonchev–Trinajstić information content (AvgIpc) is 2.71. The summed E-state index contributed by atoms with van der Waals surface area (Å²) in [5, 5.41) is 2.79. The lowest BCUT2D eigenvalue weighted by atomic mass is 10.2. The highest BCUT2D eigenvalue weighted by Crippen LogP contribution is 2.22. The number of sulfonamides is 1. The zero-order valence-electron chi connectivity index (χ0n) is 16.2. The summed E-state index contributed by atoms with van der Waals surface area (Å²) >= 11 is 6.11. The number of carbonyl (C=O) groups is 2. The molecule has 8 nitrogen and oxygen atoms in total. The van der Waals surface area contributed by atoms with Gasteiger partial charge in [0.15, 0.2) is 0 Å². The van der Waals surface area contributed by atoms with Crippen LogP contribution in [0.3, 0.4) is 0 Å². The number of benzene rings is 2. The third kappa shape index (κ3) is 5.69. The Hall–Kier alpha value is -2.62. The van der Waals surface area contributed by atoms with Crippen LogP contribution in [0.5, 0.6) is 5.75 Å². The minimum atomic E-state index is -3.74. The summed E-state index contributed by atoms with van der Waals surface area (Å²) in [6, 6.07) is 10.6. The number of amides is 2.